The summed E-state index contributed by atoms with van der Waals surface area (Å²) in [6.07, 6.45) is 1.18. The molecule has 0 spiro atoms. The number of nitrogens with two attached hydrogens (primary N) is 1. The molecule has 0 radical (unpaired) electrons. The average molecular weight is 158 g/mol. The Hall–Kier alpha value is -0.610. The highest BCUT2D eigenvalue weighted by Gasteiger charge is 2.40. The van der Waals surface area contributed by atoms with Crippen LogP contribution in [0.1, 0.15) is 19.3 Å². The molecule has 1 aliphatic carbocycles. The number of carbonyl (C=O) groups excluding carboxylic acids is 1. The van der Waals surface area contributed by atoms with Crippen molar-refractivity contribution in [1.82, 2.24) is 5.32 Å². The first kappa shape index (κ1) is 8.49. The van der Waals surface area contributed by atoms with E-state index < -0.39 is 11.6 Å². The molecule has 11 heavy (non-hydrogen) atoms. The first-order valence-electron chi connectivity index (χ1n) is 3.77. The second-order valence-electron chi connectivity index (χ2n) is 3.13. The molecule has 4 heteroatoms. The van der Waals surface area contributed by atoms with Crippen molar-refractivity contribution in [3.63, 3.8) is 0 Å². The standard InChI is InChI=1S/C7H14N2O2/c1-9-6(11)7(8)3-2-5(10)4-7/h5,10H,2-4,8H2,1H3,(H,9,11). The molecule has 0 aromatic carbocycles. The first-order valence-corrected chi connectivity index (χ1v) is 3.77. The molecule has 2 atom stereocenters. The molecule has 4 N–H and O–H groups in total. The van der Waals surface area contributed by atoms with Crippen LogP contribution in [0.25, 0.3) is 0 Å². The summed E-state index contributed by atoms with van der Waals surface area (Å²) < 4.78 is 0. The van der Waals surface area contributed by atoms with E-state index in [0.717, 1.165) is 0 Å². The SMILES string of the molecule is CNC(=O)C1(N)CCC(O)C1. The average Bonchev–Trinajstić information content (AvgIpc) is 2.31. The third-order valence-corrected chi connectivity index (χ3v) is 2.20. The van der Waals surface area contributed by atoms with E-state index in [0.29, 0.717) is 19.3 Å². The molecule has 4 nitrogen and oxygen atoms in total. The number of rotatable bonds is 1. The predicted molar refractivity (Wildman–Crippen MR) is 40.8 cm³/mol. The first-order chi connectivity index (χ1) is 5.08. The Balaban J connectivity index is 2.61. The molecule has 0 bridgehead atoms. The van der Waals surface area contributed by atoms with Crippen molar-refractivity contribution in [3.8, 4) is 0 Å². The maximum atomic E-state index is 11.1. The zero-order chi connectivity index (χ0) is 8.48. The van der Waals surface area contributed by atoms with Crippen molar-refractivity contribution in [3.05, 3.63) is 0 Å². The lowest BCUT2D eigenvalue weighted by Gasteiger charge is -2.20. The van der Waals surface area contributed by atoms with Gasteiger partial charge in [0.1, 0.15) is 0 Å². The number of amides is 1. The Labute approximate surface area is 65.8 Å². The third-order valence-electron chi connectivity index (χ3n) is 2.20. The molecule has 0 saturated heterocycles. The van der Waals surface area contributed by atoms with Crippen LogP contribution < -0.4 is 11.1 Å². The number of hydrogen-bond acceptors (Lipinski definition) is 3. The lowest BCUT2D eigenvalue weighted by atomic mass is 9.98. The van der Waals surface area contributed by atoms with Gasteiger partial charge in [0.2, 0.25) is 5.91 Å². The largest absolute Gasteiger partial charge is 0.393 e. The molecule has 1 fully saturated rings. The molecule has 0 aromatic heterocycles. The number of hydrogen-bond donors (Lipinski definition) is 3. The van der Waals surface area contributed by atoms with Crippen LogP contribution in [0.2, 0.25) is 0 Å². The summed E-state index contributed by atoms with van der Waals surface area (Å²) in [7, 11) is 1.56. The van der Waals surface area contributed by atoms with E-state index >= 15 is 0 Å². The fourth-order valence-corrected chi connectivity index (χ4v) is 1.50. The van der Waals surface area contributed by atoms with Gasteiger partial charge in [0.15, 0.2) is 0 Å². The fourth-order valence-electron chi connectivity index (χ4n) is 1.50. The summed E-state index contributed by atoms with van der Waals surface area (Å²) in [6.45, 7) is 0. The van der Waals surface area contributed by atoms with Crippen molar-refractivity contribution < 1.29 is 9.90 Å². The summed E-state index contributed by atoms with van der Waals surface area (Å²) in [5.74, 6) is -0.172. The zero-order valence-electron chi connectivity index (χ0n) is 6.63. The van der Waals surface area contributed by atoms with Crippen LogP contribution in [0.4, 0.5) is 0 Å². The van der Waals surface area contributed by atoms with Crippen molar-refractivity contribution >= 4 is 5.91 Å². The van der Waals surface area contributed by atoms with Gasteiger partial charge >= 0.3 is 0 Å². The number of nitrogens with one attached hydrogen (secondary N) is 1. The van der Waals surface area contributed by atoms with Crippen molar-refractivity contribution in [2.24, 2.45) is 5.73 Å². The van der Waals surface area contributed by atoms with E-state index in [1.54, 1.807) is 7.05 Å². The quantitative estimate of drug-likeness (QED) is 0.457. The maximum absolute atomic E-state index is 11.1. The molecular formula is C7H14N2O2. The summed E-state index contributed by atoms with van der Waals surface area (Å²) >= 11 is 0. The van der Waals surface area contributed by atoms with Crippen molar-refractivity contribution in [2.45, 2.75) is 30.9 Å². The summed E-state index contributed by atoms with van der Waals surface area (Å²) in [5, 5.41) is 11.6. The highest BCUT2D eigenvalue weighted by atomic mass is 16.3. The smallest absolute Gasteiger partial charge is 0.239 e. The monoisotopic (exact) mass is 158 g/mol. The van der Waals surface area contributed by atoms with Gasteiger partial charge in [-0.3, -0.25) is 4.79 Å². The molecule has 0 aromatic rings. The molecule has 1 aliphatic rings. The Morgan fingerprint density at radius 3 is 2.82 bits per heavy atom. The van der Waals surface area contributed by atoms with Crippen molar-refractivity contribution in [2.75, 3.05) is 7.05 Å². The molecular weight excluding hydrogens is 144 g/mol. The van der Waals surface area contributed by atoms with E-state index in [2.05, 4.69) is 5.32 Å². The lowest BCUT2D eigenvalue weighted by molar-refractivity contribution is -0.125. The van der Waals surface area contributed by atoms with E-state index in [-0.39, 0.29) is 5.91 Å². The minimum absolute atomic E-state index is 0.172. The van der Waals surface area contributed by atoms with Crippen LogP contribution in [-0.4, -0.2) is 29.7 Å². The van der Waals surface area contributed by atoms with Gasteiger partial charge in [-0.2, -0.15) is 0 Å². The number of aliphatic hydroxyl groups excluding tert-OH is 1. The van der Waals surface area contributed by atoms with Gasteiger partial charge in [-0.25, -0.2) is 0 Å². The van der Waals surface area contributed by atoms with Gasteiger partial charge in [0.25, 0.3) is 0 Å². The van der Waals surface area contributed by atoms with Crippen LogP contribution in [0.3, 0.4) is 0 Å². The van der Waals surface area contributed by atoms with E-state index in [9.17, 15) is 4.79 Å². The van der Waals surface area contributed by atoms with Crippen LogP contribution in [-0.2, 0) is 4.79 Å². The van der Waals surface area contributed by atoms with Gasteiger partial charge in [-0.1, -0.05) is 0 Å². The summed E-state index contributed by atoms with van der Waals surface area (Å²) in [4.78, 5) is 11.1. The predicted octanol–water partition coefficient (Wildman–Crippen LogP) is -1.03. The van der Waals surface area contributed by atoms with Crippen LogP contribution in [0, 0.1) is 0 Å². The number of likely N-dealkylation sites (N-methyl/N-ethyl adjacent to an activating group) is 1. The number of aliphatic hydroxyl groups is 1. The Morgan fingerprint density at radius 2 is 2.45 bits per heavy atom. The van der Waals surface area contributed by atoms with Gasteiger partial charge < -0.3 is 16.2 Å². The summed E-state index contributed by atoms with van der Waals surface area (Å²) in [5.41, 5.74) is 4.91. The minimum Gasteiger partial charge on any atom is -0.393 e. The van der Waals surface area contributed by atoms with Gasteiger partial charge in [0, 0.05) is 13.5 Å². The molecule has 1 saturated carbocycles. The topological polar surface area (TPSA) is 75.4 Å². The molecule has 2 unspecified atom stereocenters. The van der Waals surface area contributed by atoms with E-state index in [4.69, 9.17) is 10.8 Å². The maximum Gasteiger partial charge on any atom is 0.239 e. The lowest BCUT2D eigenvalue weighted by Crippen LogP contribution is -2.51. The highest BCUT2D eigenvalue weighted by molar-refractivity contribution is 5.86. The molecule has 0 heterocycles. The molecule has 64 valence electrons. The fraction of sp³-hybridized carbons (Fsp3) is 0.857. The van der Waals surface area contributed by atoms with Crippen LogP contribution >= 0.6 is 0 Å². The van der Waals surface area contributed by atoms with Gasteiger partial charge in [-0.15, -0.1) is 0 Å². The van der Waals surface area contributed by atoms with Gasteiger partial charge in [0.05, 0.1) is 11.6 Å². The van der Waals surface area contributed by atoms with Gasteiger partial charge in [-0.05, 0) is 12.8 Å². The van der Waals surface area contributed by atoms with E-state index in [1.807, 2.05) is 0 Å². The normalized spacial score (nSPS) is 37.2. The zero-order valence-corrected chi connectivity index (χ0v) is 6.63. The highest BCUT2D eigenvalue weighted by Crippen LogP contribution is 2.27. The van der Waals surface area contributed by atoms with Crippen molar-refractivity contribution in [1.29, 1.82) is 0 Å². The molecule has 0 aliphatic heterocycles. The number of carbonyl (C=O) groups is 1. The van der Waals surface area contributed by atoms with Crippen LogP contribution in [0.5, 0.6) is 0 Å². The minimum atomic E-state index is -0.825. The van der Waals surface area contributed by atoms with Crippen LogP contribution in [0.15, 0.2) is 0 Å². The second-order valence-corrected chi connectivity index (χ2v) is 3.13. The summed E-state index contributed by atoms with van der Waals surface area (Å²) in [6, 6.07) is 0. The second kappa shape index (κ2) is 2.79. The Morgan fingerprint density at radius 1 is 1.82 bits per heavy atom. The Kier molecular flexibility index (Phi) is 2.15. The third kappa shape index (κ3) is 1.52. The molecule has 1 rings (SSSR count). The van der Waals surface area contributed by atoms with E-state index in [1.165, 1.54) is 0 Å². The Bertz CT molecular complexity index is 172. The molecule has 1 amide bonds.